The standard InChI is InChI=1S/C17H18O5/c1-9-5-4-6-12-7-13(22-17(12)19)14-10(2)8-20-16(14)15(9)21-11(3)18/h5,7-8,13,15H,4,6H2,1-3H3/b9-5+/t13-,15+/m1/s1. The molecule has 1 aromatic rings. The van der Waals surface area contributed by atoms with Crippen LogP contribution in [-0.2, 0) is 19.1 Å². The molecule has 1 aliphatic carbocycles. The van der Waals surface area contributed by atoms with Crippen LogP contribution in [0.5, 0.6) is 0 Å². The van der Waals surface area contributed by atoms with Crippen LogP contribution >= 0.6 is 0 Å². The molecule has 1 aliphatic heterocycles. The summed E-state index contributed by atoms with van der Waals surface area (Å²) in [6, 6.07) is 0. The van der Waals surface area contributed by atoms with E-state index in [-0.39, 0.29) is 11.9 Å². The first-order valence-corrected chi connectivity index (χ1v) is 7.30. The van der Waals surface area contributed by atoms with Crippen LogP contribution in [0.15, 0.2) is 34.0 Å². The van der Waals surface area contributed by atoms with E-state index < -0.39 is 12.2 Å². The molecule has 0 spiro atoms. The van der Waals surface area contributed by atoms with Gasteiger partial charge in [-0.15, -0.1) is 0 Å². The van der Waals surface area contributed by atoms with Crippen molar-refractivity contribution in [2.24, 2.45) is 0 Å². The summed E-state index contributed by atoms with van der Waals surface area (Å²) in [4.78, 5) is 23.4. The molecule has 0 fully saturated rings. The van der Waals surface area contributed by atoms with E-state index in [4.69, 9.17) is 13.9 Å². The highest BCUT2D eigenvalue weighted by atomic mass is 16.6. The molecule has 0 saturated heterocycles. The van der Waals surface area contributed by atoms with Crippen LogP contribution in [0.1, 0.15) is 55.8 Å². The van der Waals surface area contributed by atoms with Gasteiger partial charge in [-0.25, -0.2) is 4.79 Å². The smallest absolute Gasteiger partial charge is 0.334 e. The molecule has 3 rings (SSSR count). The molecule has 0 amide bonds. The predicted octanol–water partition coefficient (Wildman–Crippen LogP) is 3.46. The van der Waals surface area contributed by atoms with Crippen LogP contribution in [0, 0.1) is 6.92 Å². The number of carbonyl (C=O) groups is 2. The van der Waals surface area contributed by atoms with E-state index in [1.54, 1.807) is 6.26 Å². The van der Waals surface area contributed by atoms with Gasteiger partial charge in [0.05, 0.1) is 6.26 Å². The van der Waals surface area contributed by atoms with Crippen molar-refractivity contribution < 1.29 is 23.5 Å². The van der Waals surface area contributed by atoms with E-state index in [1.165, 1.54) is 6.92 Å². The molecule has 0 aromatic carbocycles. The lowest BCUT2D eigenvalue weighted by molar-refractivity contribution is -0.146. The summed E-state index contributed by atoms with van der Waals surface area (Å²) in [6.07, 6.45) is 5.66. The predicted molar refractivity (Wildman–Crippen MR) is 77.9 cm³/mol. The van der Waals surface area contributed by atoms with E-state index in [0.29, 0.717) is 24.2 Å². The van der Waals surface area contributed by atoms with Crippen LogP contribution < -0.4 is 0 Å². The zero-order valence-corrected chi connectivity index (χ0v) is 12.8. The minimum atomic E-state index is -0.588. The third kappa shape index (κ3) is 2.47. The van der Waals surface area contributed by atoms with E-state index in [9.17, 15) is 9.59 Å². The van der Waals surface area contributed by atoms with Crippen molar-refractivity contribution in [3.05, 3.63) is 46.4 Å². The Morgan fingerprint density at radius 1 is 1.36 bits per heavy atom. The van der Waals surface area contributed by atoms with Crippen molar-refractivity contribution in [2.45, 2.75) is 45.8 Å². The van der Waals surface area contributed by atoms with Gasteiger partial charge in [-0.2, -0.15) is 0 Å². The van der Waals surface area contributed by atoms with E-state index in [1.807, 2.05) is 26.0 Å². The van der Waals surface area contributed by atoms with Gasteiger partial charge in [0.15, 0.2) is 18.0 Å². The largest absolute Gasteiger partial charge is 0.464 e. The molecular formula is C17H18O5. The van der Waals surface area contributed by atoms with Gasteiger partial charge < -0.3 is 13.9 Å². The second-order valence-corrected chi connectivity index (χ2v) is 5.69. The molecule has 22 heavy (non-hydrogen) atoms. The van der Waals surface area contributed by atoms with Gasteiger partial charge in [0.2, 0.25) is 0 Å². The lowest BCUT2D eigenvalue weighted by atomic mass is 9.96. The van der Waals surface area contributed by atoms with Crippen molar-refractivity contribution in [1.82, 2.24) is 0 Å². The number of hydrogen-bond donors (Lipinski definition) is 0. The van der Waals surface area contributed by atoms with Crippen LogP contribution in [0.3, 0.4) is 0 Å². The van der Waals surface area contributed by atoms with Gasteiger partial charge in [0.25, 0.3) is 0 Å². The number of rotatable bonds is 1. The molecule has 116 valence electrons. The van der Waals surface area contributed by atoms with Crippen LogP contribution in [0.2, 0.25) is 0 Å². The van der Waals surface area contributed by atoms with E-state index in [2.05, 4.69) is 0 Å². The Morgan fingerprint density at radius 2 is 2.14 bits per heavy atom. The summed E-state index contributed by atoms with van der Waals surface area (Å²) >= 11 is 0. The van der Waals surface area contributed by atoms with Gasteiger partial charge in [-0.05, 0) is 43.9 Å². The Labute approximate surface area is 128 Å². The van der Waals surface area contributed by atoms with Crippen molar-refractivity contribution >= 4 is 11.9 Å². The number of allylic oxidation sites excluding steroid dienone is 1. The molecule has 2 bridgehead atoms. The lowest BCUT2D eigenvalue weighted by Gasteiger charge is -2.19. The van der Waals surface area contributed by atoms with Crippen molar-refractivity contribution in [3.63, 3.8) is 0 Å². The lowest BCUT2D eigenvalue weighted by Crippen LogP contribution is -2.13. The van der Waals surface area contributed by atoms with Crippen LogP contribution in [0.4, 0.5) is 0 Å². The first-order valence-electron chi connectivity index (χ1n) is 7.30. The minimum absolute atomic E-state index is 0.284. The zero-order chi connectivity index (χ0) is 15.9. The molecule has 2 atom stereocenters. The fourth-order valence-corrected chi connectivity index (χ4v) is 2.93. The summed E-state index contributed by atoms with van der Waals surface area (Å²) in [5, 5.41) is 0. The first-order chi connectivity index (χ1) is 10.5. The molecule has 0 radical (unpaired) electrons. The highest BCUT2D eigenvalue weighted by Gasteiger charge is 2.35. The Balaban J connectivity index is 2.13. The maximum atomic E-state index is 11.9. The second kappa shape index (κ2) is 5.48. The van der Waals surface area contributed by atoms with E-state index in [0.717, 1.165) is 16.7 Å². The average molecular weight is 302 g/mol. The highest BCUT2D eigenvalue weighted by molar-refractivity contribution is 5.91. The quantitative estimate of drug-likeness (QED) is 0.587. The van der Waals surface area contributed by atoms with Gasteiger partial charge >= 0.3 is 11.9 Å². The fourth-order valence-electron chi connectivity index (χ4n) is 2.93. The number of ether oxygens (including phenoxy) is 2. The number of furan rings is 1. The average Bonchev–Trinajstić information content (AvgIpc) is 2.98. The topological polar surface area (TPSA) is 65.7 Å². The molecule has 1 aromatic heterocycles. The molecule has 5 nitrogen and oxygen atoms in total. The zero-order valence-electron chi connectivity index (χ0n) is 12.8. The maximum absolute atomic E-state index is 11.9. The number of carbonyl (C=O) groups excluding carboxylic acids is 2. The van der Waals surface area contributed by atoms with Crippen molar-refractivity contribution in [1.29, 1.82) is 0 Å². The molecule has 2 heterocycles. The second-order valence-electron chi connectivity index (χ2n) is 5.69. The van der Waals surface area contributed by atoms with Crippen LogP contribution in [0.25, 0.3) is 0 Å². The van der Waals surface area contributed by atoms with Gasteiger partial charge in [-0.1, -0.05) is 6.08 Å². The summed E-state index contributed by atoms with van der Waals surface area (Å²) in [5.41, 5.74) is 3.21. The summed E-state index contributed by atoms with van der Waals surface area (Å²) < 4.78 is 16.6. The summed E-state index contributed by atoms with van der Waals surface area (Å²) in [5.74, 6) is -0.137. The van der Waals surface area contributed by atoms with Crippen molar-refractivity contribution in [3.8, 4) is 0 Å². The van der Waals surface area contributed by atoms with Gasteiger partial charge in [0.1, 0.15) is 0 Å². The molecule has 0 unspecified atom stereocenters. The third-order valence-electron chi connectivity index (χ3n) is 4.00. The highest BCUT2D eigenvalue weighted by Crippen LogP contribution is 2.41. The van der Waals surface area contributed by atoms with E-state index >= 15 is 0 Å². The minimum Gasteiger partial charge on any atom is -0.464 e. The molecule has 0 saturated carbocycles. The fraction of sp³-hybridized carbons (Fsp3) is 0.412. The Hall–Kier alpha value is -2.30. The number of esters is 2. The normalized spacial score (nSPS) is 26.4. The summed E-state index contributed by atoms with van der Waals surface area (Å²) in [7, 11) is 0. The Bertz CT molecular complexity index is 692. The summed E-state index contributed by atoms with van der Waals surface area (Å²) in [6.45, 7) is 5.16. The molecule has 5 heteroatoms. The van der Waals surface area contributed by atoms with Crippen molar-refractivity contribution in [2.75, 3.05) is 0 Å². The SMILES string of the molecule is CC(=O)O[C@H]1/C(C)=C/CCC2=C[C@@H](OC2=O)c2c(C)coc21. The maximum Gasteiger partial charge on any atom is 0.334 e. The molecular weight excluding hydrogens is 284 g/mol. The molecule has 2 aliphatic rings. The van der Waals surface area contributed by atoms with Gasteiger partial charge in [-0.3, -0.25) is 4.79 Å². The third-order valence-corrected chi connectivity index (χ3v) is 4.00. The van der Waals surface area contributed by atoms with Crippen LogP contribution in [-0.4, -0.2) is 11.9 Å². The van der Waals surface area contributed by atoms with Gasteiger partial charge in [0, 0.05) is 18.1 Å². The Kier molecular flexibility index (Phi) is 3.64. The Morgan fingerprint density at radius 3 is 2.86 bits per heavy atom. The number of fused-ring (bicyclic) bond motifs is 3. The monoisotopic (exact) mass is 302 g/mol. The number of aryl methyl sites for hydroxylation is 1. The molecule has 0 N–H and O–H groups in total. The number of hydrogen-bond acceptors (Lipinski definition) is 5. The first kappa shape index (κ1) is 14.6.